The second kappa shape index (κ2) is 7.41. The van der Waals surface area contributed by atoms with Crippen LogP contribution in [0.1, 0.15) is 24.8 Å². The fraction of sp³-hybridized carbons (Fsp3) is 0.450. The molecule has 0 radical (unpaired) electrons. The van der Waals surface area contributed by atoms with E-state index in [1.54, 1.807) is 12.4 Å². The number of anilines is 2. The highest BCUT2D eigenvalue weighted by molar-refractivity contribution is 5.91. The molecule has 136 valence electrons. The summed E-state index contributed by atoms with van der Waals surface area (Å²) >= 11 is 0. The predicted molar refractivity (Wildman–Crippen MR) is 102 cm³/mol. The highest BCUT2D eigenvalue weighted by atomic mass is 16.1. The molecule has 0 aliphatic carbocycles. The summed E-state index contributed by atoms with van der Waals surface area (Å²) in [5.41, 5.74) is 2.08. The molecule has 1 amide bonds. The number of carbonyl (C=O) groups is 1. The molecule has 2 unspecified atom stereocenters. The van der Waals surface area contributed by atoms with Crippen molar-refractivity contribution in [2.75, 3.05) is 30.4 Å². The van der Waals surface area contributed by atoms with Crippen molar-refractivity contribution in [3.05, 3.63) is 48.4 Å². The summed E-state index contributed by atoms with van der Waals surface area (Å²) < 4.78 is 0. The Labute approximate surface area is 154 Å². The topological polar surface area (TPSA) is 61.4 Å². The highest BCUT2D eigenvalue weighted by Crippen LogP contribution is 2.30. The van der Waals surface area contributed by atoms with E-state index in [-0.39, 0.29) is 5.91 Å². The normalized spacial score (nSPS) is 22.9. The van der Waals surface area contributed by atoms with Crippen LogP contribution in [0.3, 0.4) is 0 Å². The molecule has 2 atom stereocenters. The minimum Gasteiger partial charge on any atom is -0.369 e. The molecule has 2 aromatic heterocycles. The highest BCUT2D eigenvalue weighted by Gasteiger charge is 2.34. The van der Waals surface area contributed by atoms with Gasteiger partial charge in [-0.05, 0) is 56.1 Å². The van der Waals surface area contributed by atoms with Crippen molar-refractivity contribution in [1.82, 2.24) is 14.9 Å². The number of fused-ring (bicyclic) bond motifs is 2. The van der Waals surface area contributed by atoms with Gasteiger partial charge < -0.3 is 10.2 Å². The Hall–Kier alpha value is -2.47. The van der Waals surface area contributed by atoms with Gasteiger partial charge >= 0.3 is 0 Å². The van der Waals surface area contributed by atoms with Gasteiger partial charge in [0, 0.05) is 37.6 Å². The van der Waals surface area contributed by atoms with Gasteiger partial charge in [-0.2, -0.15) is 0 Å². The van der Waals surface area contributed by atoms with Gasteiger partial charge in [-0.3, -0.25) is 14.7 Å². The maximum absolute atomic E-state index is 12.1. The van der Waals surface area contributed by atoms with E-state index in [1.807, 2.05) is 24.4 Å². The van der Waals surface area contributed by atoms with Gasteiger partial charge in [0.15, 0.2) is 0 Å². The number of likely N-dealkylation sites (N-methyl/N-ethyl adjacent to an activating group) is 1. The molecule has 2 aliphatic rings. The third-order valence-electron chi connectivity index (χ3n) is 5.64. The SMILES string of the molecule is CN1C2CCC1CN(c1ccc(NC(=O)Cc3ccncc3)nc1)CC2. The van der Waals surface area contributed by atoms with E-state index < -0.39 is 0 Å². The molecule has 4 rings (SSSR count). The lowest BCUT2D eigenvalue weighted by atomic mass is 10.1. The Balaban J connectivity index is 1.37. The molecule has 1 N–H and O–H groups in total. The lowest BCUT2D eigenvalue weighted by molar-refractivity contribution is -0.115. The van der Waals surface area contributed by atoms with Crippen LogP contribution in [-0.2, 0) is 11.2 Å². The maximum atomic E-state index is 12.1. The van der Waals surface area contributed by atoms with Crippen LogP contribution >= 0.6 is 0 Å². The van der Waals surface area contributed by atoms with Crippen LogP contribution in [0.2, 0.25) is 0 Å². The number of aromatic nitrogens is 2. The third kappa shape index (κ3) is 3.70. The Morgan fingerprint density at radius 2 is 1.96 bits per heavy atom. The molecule has 0 aromatic carbocycles. The van der Waals surface area contributed by atoms with Crippen LogP contribution in [0.5, 0.6) is 0 Å². The molecule has 0 saturated carbocycles. The number of rotatable bonds is 4. The fourth-order valence-corrected chi connectivity index (χ4v) is 4.06. The fourth-order valence-electron chi connectivity index (χ4n) is 4.06. The first-order valence-electron chi connectivity index (χ1n) is 9.31. The van der Waals surface area contributed by atoms with Crippen LogP contribution in [-0.4, -0.2) is 53.0 Å². The van der Waals surface area contributed by atoms with Crippen molar-refractivity contribution in [3.8, 4) is 0 Å². The molecule has 0 spiro atoms. The van der Waals surface area contributed by atoms with E-state index in [2.05, 4.69) is 38.2 Å². The van der Waals surface area contributed by atoms with Crippen LogP contribution < -0.4 is 10.2 Å². The summed E-state index contributed by atoms with van der Waals surface area (Å²) in [5.74, 6) is 0.534. The number of hydrogen-bond donors (Lipinski definition) is 1. The smallest absolute Gasteiger partial charge is 0.229 e. The zero-order chi connectivity index (χ0) is 17.9. The van der Waals surface area contributed by atoms with E-state index in [1.165, 1.54) is 19.3 Å². The van der Waals surface area contributed by atoms with E-state index >= 15 is 0 Å². The van der Waals surface area contributed by atoms with E-state index in [4.69, 9.17) is 0 Å². The van der Waals surface area contributed by atoms with Gasteiger partial charge in [-0.25, -0.2) is 4.98 Å². The molecule has 2 saturated heterocycles. The van der Waals surface area contributed by atoms with Gasteiger partial charge in [0.2, 0.25) is 5.91 Å². The summed E-state index contributed by atoms with van der Waals surface area (Å²) in [7, 11) is 2.26. The van der Waals surface area contributed by atoms with Crippen LogP contribution in [0, 0.1) is 0 Å². The molecule has 6 heteroatoms. The molecule has 2 aromatic rings. The Morgan fingerprint density at radius 3 is 2.73 bits per heavy atom. The first kappa shape index (κ1) is 17.0. The minimum atomic E-state index is -0.0647. The number of hydrogen-bond acceptors (Lipinski definition) is 5. The van der Waals surface area contributed by atoms with E-state index in [0.29, 0.717) is 18.3 Å². The Morgan fingerprint density at radius 1 is 1.15 bits per heavy atom. The number of carbonyl (C=O) groups excluding carboxylic acids is 1. The first-order chi connectivity index (χ1) is 12.7. The van der Waals surface area contributed by atoms with Gasteiger partial charge in [-0.1, -0.05) is 0 Å². The van der Waals surface area contributed by atoms with Gasteiger partial charge in [0.1, 0.15) is 5.82 Å². The van der Waals surface area contributed by atoms with Crippen molar-refractivity contribution in [3.63, 3.8) is 0 Å². The lowest BCUT2D eigenvalue weighted by Gasteiger charge is -2.27. The monoisotopic (exact) mass is 351 g/mol. The van der Waals surface area contributed by atoms with Crippen LogP contribution in [0.4, 0.5) is 11.5 Å². The van der Waals surface area contributed by atoms with Crippen molar-refractivity contribution < 1.29 is 4.79 Å². The van der Waals surface area contributed by atoms with Crippen molar-refractivity contribution in [2.45, 2.75) is 37.8 Å². The average Bonchev–Trinajstić information content (AvgIpc) is 2.89. The lowest BCUT2D eigenvalue weighted by Crippen LogP contribution is -2.36. The molecule has 2 fully saturated rings. The van der Waals surface area contributed by atoms with Crippen molar-refractivity contribution in [1.29, 1.82) is 0 Å². The standard InChI is InChI=1S/C20H25N5O/c1-24-16-2-3-18(24)14-25(11-8-16)17-4-5-19(22-13-17)23-20(26)12-15-6-9-21-10-7-15/h4-7,9-10,13,16,18H,2-3,8,11-12,14H2,1H3,(H,22,23,26). The van der Waals surface area contributed by atoms with Crippen LogP contribution in [0.15, 0.2) is 42.9 Å². The molecular formula is C20H25N5O. The van der Waals surface area contributed by atoms with Gasteiger partial charge in [-0.15, -0.1) is 0 Å². The van der Waals surface area contributed by atoms with E-state index in [0.717, 1.165) is 30.4 Å². The summed E-state index contributed by atoms with van der Waals surface area (Å²) in [5, 5.41) is 2.87. The van der Waals surface area contributed by atoms with Crippen molar-refractivity contribution >= 4 is 17.4 Å². The van der Waals surface area contributed by atoms with Crippen molar-refractivity contribution in [2.24, 2.45) is 0 Å². The average molecular weight is 351 g/mol. The molecule has 6 nitrogen and oxygen atoms in total. The molecule has 2 aliphatic heterocycles. The third-order valence-corrected chi connectivity index (χ3v) is 5.64. The second-order valence-corrected chi connectivity index (χ2v) is 7.27. The van der Waals surface area contributed by atoms with Crippen LogP contribution in [0.25, 0.3) is 0 Å². The molecule has 2 bridgehead atoms. The molecular weight excluding hydrogens is 326 g/mol. The maximum Gasteiger partial charge on any atom is 0.229 e. The zero-order valence-corrected chi connectivity index (χ0v) is 15.1. The van der Waals surface area contributed by atoms with Gasteiger partial charge in [0.05, 0.1) is 18.3 Å². The summed E-state index contributed by atoms with van der Waals surface area (Å²) in [6.07, 6.45) is 9.41. The Bertz CT molecular complexity index is 749. The quantitative estimate of drug-likeness (QED) is 0.916. The number of nitrogens with one attached hydrogen (secondary N) is 1. The number of pyridine rings is 2. The number of nitrogens with zero attached hydrogens (tertiary/aromatic N) is 4. The molecule has 4 heterocycles. The zero-order valence-electron chi connectivity index (χ0n) is 15.1. The largest absolute Gasteiger partial charge is 0.369 e. The second-order valence-electron chi connectivity index (χ2n) is 7.27. The minimum absolute atomic E-state index is 0.0647. The Kier molecular flexibility index (Phi) is 4.84. The first-order valence-corrected chi connectivity index (χ1v) is 9.31. The summed E-state index contributed by atoms with van der Waals surface area (Å²) in [4.78, 5) is 25.5. The number of amides is 1. The molecule has 26 heavy (non-hydrogen) atoms. The van der Waals surface area contributed by atoms with Gasteiger partial charge in [0.25, 0.3) is 0 Å². The van der Waals surface area contributed by atoms with E-state index in [9.17, 15) is 4.79 Å². The predicted octanol–water partition coefficient (Wildman–Crippen LogP) is 2.33. The summed E-state index contributed by atoms with van der Waals surface area (Å²) in [6.45, 7) is 2.13. The summed E-state index contributed by atoms with van der Waals surface area (Å²) in [6, 6.07) is 9.02.